The van der Waals surface area contributed by atoms with Gasteiger partial charge in [-0.15, -0.1) is 11.3 Å². The Kier molecular flexibility index (Phi) is 3.44. The van der Waals surface area contributed by atoms with Gasteiger partial charge in [0.2, 0.25) is 5.82 Å². The van der Waals surface area contributed by atoms with Gasteiger partial charge in [-0.3, -0.25) is 14.8 Å². The van der Waals surface area contributed by atoms with Crippen molar-refractivity contribution in [1.82, 2.24) is 4.98 Å². The van der Waals surface area contributed by atoms with Crippen LogP contribution in [0.15, 0.2) is 34.7 Å². The number of hydrogen-bond donors (Lipinski definition) is 1. The van der Waals surface area contributed by atoms with Crippen LogP contribution in [0.2, 0.25) is 0 Å². The molecule has 0 saturated heterocycles. The van der Waals surface area contributed by atoms with Crippen molar-refractivity contribution in [3.63, 3.8) is 0 Å². The maximum Gasteiger partial charge on any atom is 0.325 e. The van der Waals surface area contributed by atoms with Gasteiger partial charge >= 0.3 is 5.69 Å². The number of aromatic nitrogens is 1. The van der Waals surface area contributed by atoms with Gasteiger partial charge in [-0.25, -0.2) is 13.4 Å². The molecule has 0 saturated carbocycles. The molecule has 1 aromatic heterocycles. The van der Waals surface area contributed by atoms with E-state index in [9.17, 15) is 22.9 Å². The number of thiazole rings is 1. The molecule has 0 amide bonds. The summed E-state index contributed by atoms with van der Waals surface area (Å²) in [7, 11) is -4.27. The van der Waals surface area contributed by atoms with Crippen LogP contribution in [0.4, 0.5) is 15.2 Å². The molecule has 10 heteroatoms. The van der Waals surface area contributed by atoms with Crippen LogP contribution in [0, 0.1) is 15.9 Å². The van der Waals surface area contributed by atoms with Crippen LogP contribution in [0.5, 0.6) is 0 Å². The van der Waals surface area contributed by atoms with Crippen LogP contribution < -0.4 is 4.72 Å². The first-order valence-corrected chi connectivity index (χ1v) is 7.13. The van der Waals surface area contributed by atoms with Crippen molar-refractivity contribution >= 4 is 32.2 Å². The number of hydrogen-bond acceptors (Lipinski definition) is 6. The fraction of sp³-hybridized carbons (Fsp3) is 0. The summed E-state index contributed by atoms with van der Waals surface area (Å²) in [6, 6.07) is 2.86. The van der Waals surface area contributed by atoms with Crippen molar-refractivity contribution in [3.8, 4) is 0 Å². The van der Waals surface area contributed by atoms with Crippen LogP contribution >= 0.6 is 11.3 Å². The number of anilines is 1. The second kappa shape index (κ2) is 4.90. The molecule has 0 spiro atoms. The van der Waals surface area contributed by atoms with Gasteiger partial charge in [-0.2, -0.15) is 4.39 Å². The summed E-state index contributed by atoms with van der Waals surface area (Å²) in [4.78, 5) is 12.6. The lowest BCUT2D eigenvalue weighted by Crippen LogP contribution is -2.15. The Labute approximate surface area is 110 Å². The molecular weight excluding hydrogens is 297 g/mol. The summed E-state index contributed by atoms with van der Waals surface area (Å²) in [5.41, 5.74) is -1.09. The average Bonchev–Trinajstić information content (AvgIpc) is 2.80. The van der Waals surface area contributed by atoms with E-state index in [1.54, 1.807) is 0 Å². The first kappa shape index (κ1) is 13.4. The summed E-state index contributed by atoms with van der Waals surface area (Å²) in [6.45, 7) is 0. The van der Waals surface area contributed by atoms with Crippen molar-refractivity contribution in [3.05, 3.63) is 45.7 Å². The van der Waals surface area contributed by atoms with E-state index in [1.807, 2.05) is 4.72 Å². The first-order valence-electron chi connectivity index (χ1n) is 4.77. The third kappa shape index (κ3) is 2.69. The highest BCUT2D eigenvalue weighted by Gasteiger charge is 2.29. The van der Waals surface area contributed by atoms with Crippen molar-refractivity contribution in [2.24, 2.45) is 0 Å². The molecular formula is C9H6FN3O4S2. The Hall–Kier alpha value is -2.07. The smallest absolute Gasteiger partial charge is 0.258 e. The van der Waals surface area contributed by atoms with E-state index in [4.69, 9.17) is 0 Å². The first-order chi connectivity index (χ1) is 8.92. The number of halogens is 1. The van der Waals surface area contributed by atoms with Crippen LogP contribution in [-0.2, 0) is 10.0 Å². The summed E-state index contributed by atoms with van der Waals surface area (Å²) in [5, 5.41) is 12.3. The fourth-order valence-corrected chi connectivity index (χ4v) is 3.30. The minimum atomic E-state index is -4.27. The largest absolute Gasteiger partial charge is 0.325 e. The van der Waals surface area contributed by atoms with E-state index in [2.05, 4.69) is 4.98 Å². The predicted octanol–water partition coefficient (Wildman–Crippen LogP) is 1.99. The summed E-state index contributed by atoms with van der Waals surface area (Å²) >= 11 is 0.998. The maximum absolute atomic E-state index is 13.4. The summed E-state index contributed by atoms with van der Waals surface area (Å²) < 4.78 is 39.3. The molecule has 1 N–H and O–H groups in total. The fourth-order valence-electron chi connectivity index (χ4n) is 1.33. The Morgan fingerprint density at radius 2 is 2.16 bits per heavy atom. The highest BCUT2D eigenvalue weighted by Crippen LogP contribution is 2.28. The van der Waals surface area contributed by atoms with Gasteiger partial charge in [0.05, 0.1) is 4.92 Å². The van der Waals surface area contributed by atoms with E-state index in [-0.39, 0.29) is 5.13 Å². The predicted molar refractivity (Wildman–Crippen MR) is 66.0 cm³/mol. The number of rotatable bonds is 4. The molecule has 0 atom stereocenters. The van der Waals surface area contributed by atoms with Gasteiger partial charge in [0.15, 0.2) is 10.0 Å². The molecule has 0 fully saturated rings. The monoisotopic (exact) mass is 303 g/mol. The Balaban J connectivity index is 2.52. The molecule has 19 heavy (non-hydrogen) atoms. The molecule has 2 aromatic rings. The molecule has 2 rings (SSSR count). The molecule has 1 aromatic carbocycles. The van der Waals surface area contributed by atoms with Crippen molar-refractivity contribution in [2.45, 2.75) is 4.90 Å². The number of nitrogens with zero attached hydrogens (tertiary/aromatic N) is 2. The summed E-state index contributed by atoms with van der Waals surface area (Å²) in [5.74, 6) is -1.22. The lowest BCUT2D eigenvalue weighted by Gasteiger charge is -2.06. The number of para-hydroxylation sites is 1. The lowest BCUT2D eigenvalue weighted by molar-refractivity contribution is -0.390. The maximum atomic E-state index is 13.4. The van der Waals surface area contributed by atoms with Gasteiger partial charge in [-0.1, -0.05) is 6.07 Å². The second-order valence-electron chi connectivity index (χ2n) is 3.29. The average molecular weight is 303 g/mol. The highest BCUT2D eigenvalue weighted by atomic mass is 32.2. The molecule has 1 heterocycles. The molecule has 0 aliphatic rings. The number of sulfonamides is 1. The molecule has 0 radical (unpaired) electrons. The third-order valence-electron chi connectivity index (χ3n) is 2.08. The molecule has 0 bridgehead atoms. The van der Waals surface area contributed by atoms with Crippen molar-refractivity contribution in [2.75, 3.05) is 4.72 Å². The van der Waals surface area contributed by atoms with Gasteiger partial charge in [0, 0.05) is 11.6 Å². The summed E-state index contributed by atoms with van der Waals surface area (Å²) in [6.07, 6.45) is 1.36. The second-order valence-corrected chi connectivity index (χ2v) is 5.83. The van der Waals surface area contributed by atoms with Crippen molar-refractivity contribution < 1.29 is 17.7 Å². The number of nitrogens with one attached hydrogen (secondary N) is 1. The Morgan fingerprint density at radius 3 is 2.74 bits per heavy atom. The van der Waals surface area contributed by atoms with Gasteiger partial charge in [0.1, 0.15) is 0 Å². The third-order valence-corrected chi connectivity index (χ3v) is 4.26. The number of nitro benzene ring substituents is 1. The lowest BCUT2D eigenvalue weighted by atomic mass is 10.3. The van der Waals surface area contributed by atoms with Crippen molar-refractivity contribution in [1.29, 1.82) is 0 Å². The van der Waals surface area contributed by atoms with Gasteiger partial charge in [0.25, 0.3) is 10.0 Å². The van der Waals surface area contributed by atoms with E-state index < -0.39 is 31.3 Å². The zero-order chi connectivity index (χ0) is 14.0. The molecule has 100 valence electrons. The van der Waals surface area contributed by atoms with E-state index >= 15 is 0 Å². The normalized spacial score (nSPS) is 11.2. The SMILES string of the molecule is O=[N+]([O-])c1c(F)cccc1S(=O)(=O)Nc1nccs1. The van der Waals surface area contributed by atoms with Crippen LogP contribution in [0.25, 0.3) is 0 Å². The minimum absolute atomic E-state index is 0.0403. The van der Waals surface area contributed by atoms with E-state index in [0.29, 0.717) is 0 Å². The molecule has 0 aliphatic carbocycles. The van der Waals surface area contributed by atoms with Gasteiger partial charge in [-0.05, 0) is 12.1 Å². The van der Waals surface area contributed by atoms with Crippen LogP contribution in [0.1, 0.15) is 0 Å². The highest BCUT2D eigenvalue weighted by molar-refractivity contribution is 7.93. The number of nitro groups is 1. The number of benzene rings is 1. The molecule has 7 nitrogen and oxygen atoms in total. The molecule has 0 aliphatic heterocycles. The standard InChI is InChI=1S/C9H6FN3O4S2/c10-6-2-1-3-7(8(6)13(14)15)19(16,17)12-9-11-4-5-18-9/h1-5H,(H,11,12). The van der Waals surface area contributed by atoms with Crippen LogP contribution in [0.3, 0.4) is 0 Å². The van der Waals surface area contributed by atoms with Crippen LogP contribution in [-0.4, -0.2) is 18.3 Å². The van der Waals surface area contributed by atoms with Gasteiger partial charge < -0.3 is 0 Å². The quantitative estimate of drug-likeness (QED) is 0.687. The minimum Gasteiger partial charge on any atom is -0.258 e. The Morgan fingerprint density at radius 1 is 1.42 bits per heavy atom. The van der Waals surface area contributed by atoms with E-state index in [0.717, 1.165) is 29.5 Å². The zero-order valence-corrected chi connectivity index (χ0v) is 10.7. The van der Waals surface area contributed by atoms with E-state index in [1.165, 1.54) is 11.6 Å². The zero-order valence-electron chi connectivity index (χ0n) is 9.11. The Bertz CT molecular complexity index is 715. The topological polar surface area (TPSA) is 102 Å². The molecule has 0 unspecified atom stereocenters.